The number of rotatable bonds is 6. The fourth-order valence-electron chi connectivity index (χ4n) is 2.28. The lowest BCUT2D eigenvalue weighted by Crippen LogP contribution is -2.31. The zero-order valence-electron chi connectivity index (χ0n) is 14.1. The van der Waals surface area contributed by atoms with Crippen LogP contribution in [0.4, 0.5) is 4.39 Å². The van der Waals surface area contributed by atoms with E-state index >= 15 is 0 Å². The van der Waals surface area contributed by atoms with Crippen molar-refractivity contribution in [1.82, 2.24) is 14.9 Å². The van der Waals surface area contributed by atoms with E-state index in [0.29, 0.717) is 16.1 Å². The van der Waals surface area contributed by atoms with Crippen molar-refractivity contribution in [2.75, 3.05) is 0 Å². The van der Waals surface area contributed by atoms with Crippen LogP contribution in [-0.4, -0.2) is 15.5 Å². The first-order chi connectivity index (χ1) is 13.0. The lowest BCUT2D eigenvalue weighted by Gasteiger charge is -2.09. The molecular weight excluding hydrogens is 417 g/mol. The minimum absolute atomic E-state index is 0.0811. The van der Waals surface area contributed by atoms with Crippen molar-refractivity contribution in [2.45, 2.75) is 13.1 Å². The maximum Gasteiger partial charge on any atom is 0.251 e. The molecule has 8 heteroatoms. The van der Waals surface area contributed by atoms with E-state index < -0.39 is 0 Å². The van der Waals surface area contributed by atoms with E-state index in [4.69, 9.17) is 4.74 Å². The number of carbonyl (C=O) groups is 1. The highest BCUT2D eigenvalue weighted by molar-refractivity contribution is 9.10. The van der Waals surface area contributed by atoms with Crippen molar-refractivity contribution >= 4 is 21.8 Å². The van der Waals surface area contributed by atoms with Gasteiger partial charge in [-0.15, -0.1) is 0 Å². The Morgan fingerprint density at radius 3 is 2.74 bits per heavy atom. The molecule has 0 spiro atoms. The fourth-order valence-corrected chi connectivity index (χ4v) is 2.66. The summed E-state index contributed by atoms with van der Waals surface area (Å²) in [6.45, 7) is 0.173. The Morgan fingerprint density at radius 2 is 1.96 bits per heavy atom. The predicted molar refractivity (Wildman–Crippen MR) is 101 cm³/mol. The number of ether oxygens (including phenoxy) is 1. The van der Waals surface area contributed by atoms with Gasteiger partial charge in [-0.2, -0.15) is 0 Å². The van der Waals surface area contributed by atoms with E-state index in [1.807, 2.05) is 0 Å². The van der Waals surface area contributed by atoms with E-state index in [-0.39, 0.29) is 30.4 Å². The molecule has 6 nitrogen and oxygen atoms in total. The van der Waals surface area contributed by atoms with Crippen molar-refractivity contribution < 1.29 is 13.9 Å². The SMILES string of the molecule is O=C(Cn1cc(Br)ccc1=O)NCc1ccnc(Oc2ccc(F)cc2)c1. The van der Waals surface area contributed by atoms with Crippen LogP contribution < -0.4 is 15.6 Å². The Kier molecular flexibility index (Phi) is 5.97. The zero-order valence-corrected chi connectivity index (χ0v) is 15.6. The molecule has 27 heavy (non-hydrogen) atoms. The third kappa shape index (κ3) is 5.49. The number of hydrogen-bond acceptors (Lipinski definition) is 4. The van der Waals surface area contributed by atoms with Gasteiger partial charge >= 0.3 is 0 Å². The number of benzene rings is 1. The molecule has 2 aromatic heterocycles. The quantitative estimate of drug-likeness (QED) is 0.649. The van der Waals surface area contributed by atoms with Crippen LogP contribution in [0.25, 0.3) is 0 Å². The van der Waals surface area contributed by atoms with Gasteiger partial charge in [0.25, 0.3) is 5.56 Å². The van der Waals surface area contributed by atoms with Gasteiger partial charge in [-0.1, -0.05) is 0 Å². The molecule has 2 heterocycles. The maximum absolute atomic E-state index is 12.9. The van der Waals surface area contributed by atoms with Crippen molar-refractivity contribution in [2.24, 2.45) is 0 Å². The summed E-state index contributed by atoms with van der Waals surface area (Å²) in [6, 6.07) is 12.0. The van der Waals surface area contributed by atoms with E-state index in [1.165, 1.54) is 34.9 Å². The maximum atomic E-state index is 12.9. The monoisotopic (exact) mass is 431 g/mol. The Balaban J connectivity index is 1.59. The number of halogens is 2. The molecule has 0 unspecified atom stereocenters. The molecule has 0 radical (unpaired) electrons. The van der Waals surface area contributed by atoms with E-state index in [0.717, 1.165) is 5.56 Å². The normalized spacial score (nSPS) is 10.4. The van der Waals surface area contributed by atoms with Crippen molar-refractivity contribution in [3.63, 3.8) is 0 Å². The van der Waals surface area contributed by atoms with Gasteiger partial charge in [-0.3, -0.25) is 9.59 Å². The molecule has 138 valence electrons. The first-order valence-electron chi connectivity index (χ1n) is 8.01. The van der Waals surface area contributed by atoms with Gasteiger partial charge in [0.15, 0.2) is 0 Å². The molecule has 0 saturated heterocycles. The van der Waals surface area contributed by atoms with Crippen molar-refractivity contribution in [3.8, 4) is 11.6 Å². The minimum Gasteiger partial charge on any atom is -0.439 e. The molecule has 3 aromatic rings. The van der Waals surface area contributed by atoms with Gasteiger partial charge in [0, 0.05) is 35.5 Å². The Hall–Kier alpha value is -3.00. The molecule has 1 amide bonds. The van der Waals surface area contributed by atoms with Gasteiger partial charge in [-0.25, -0.2) is 9.37 Å². The Labute approximate surface area is 162 Å². The summed E-state index contributed by atoms with van der Waals surface area (Å²) in [4.78, 5) is 27.9. The Morgan fingerprint density at radius 1 is 1.19 bits per heavy atom. The molecule has 3 rings (SSSR count). The van der Waals surface area contributed by atoms with Crippen LogP contribution in [0.3, 0.4) is 0 Å². The molecular formula is C19H15BrFN3O3. The molecule has 1 N–H and O–H groups in total. The molecule has 0 aliphatic heterocycles. The van der Waals surface area contributed by atoms with Crippen LogP contribution in [-0.2, 0) is 17.9 Å². The number of nitrogens with zero attached hydrogens (tertiary/aromatic N) is 2. The highest BCUT2D eigenvalue weighted by atomic mass is 79.9. The second-order valence-electron chi connectivity index (χ2n) is 5.65. The van der Waals surface area contributed by atoms with Crippen LogP contribution in [0.15, 0.2) is 70.2 Å². The molecule has 0 saturated carbocycles. The second-order valence-corrected chi connectivity index (χ2v) is 6.56. The minimum atomic E-state index is -0.351. The smallest absolute Gasteiger partial charge is 0.251 e. The van der Waals surface area contributed by atoms with Gasteiger partial charge in [0.1, 0.15) is 18.1 Å². The Bertz CT molecular complexity index is 1010. The summed E-state index contributed by atoms with van der Waals surface area (Å²) in [7, 11) is 0. The van der Waals surface area contributed by atoms with E-state index in [9.17, 15) is 14.0 Å². The number of hydrogen-bond donors (Lipinski definition) is 1. The lowest BCUT2D eigenvalue weighted by molar-refractivity contribution is -0.121. The van der Waals surface area contributed by atoms with Crippen molar-refractivity contribution in [1.29, 1.82) is 0 Å². The first kappa shape index (κ1) is 18.8. The fraction of sp³-hybridized carbons (Fsp3) is 0.105. The van der Waals surface area contributed by atoms with Gasteiger partial charge in [0.2, 0.25) is 11.8 Å². The first-order valence-corrected chi connectivity index (χ1v) is 8.80. The molecule has 0 bridgehead atoms. The average Bonchev–Trinajstić information content (AvgIpc) is 2.65. The number of amides is 1. The standard InChI is InChI=1S/C19H15BrFN3O3/c20-14-1-6-19(26)24(11-14)12-17(25)23-10-13-7-8-22-18(9-13)27-16-4-2-15(21)3-5-16/h1-9,11H,10,12H2,(H,23,25). The largest absolute Gasteiger partial charge is 0.439 e. The highest BCUT2D eigenvalue weighted by Gasteiger charge is 2.06. The van der Waals surface area contributed by atoms with Crippen LogP contribution in [0.1, 0.15) is 5.56 Å². The van der Waals surface area contributed by atoms with Crippen LogP contribution in [0, 0.1) is 5.82 Å². The van der Waals surface area contributed by atoms with E-state index in [1.54, 1.807) is 30.6 Å². The van der Waals surface area contributed by atoms with Crippen LogP contribution in [0.5, 0.6) is 11.6 Å². The zero-order chi connectivity index (χ0) is 19.2. The predicted octanol–water partition coefficient (Wildman–Crippen LogP) is 3.25. The summed E-state index contributed by atoms with van der Waals surface area (Å²) >= 11 is 3.27. The van der Waals surface area contributed by atoms with E-state index in [2.05, 4.69) is 26.2 Å². The van der Waals surface area contributed by atoms with Gasteiger partial charge in [0.05, 0.1) is 0 Å². The third-order valence-corrected chi connectivity index (χ3v) is 4.06. The summed E-state index contributed by atoms with van der Waals surface area (Å²) in [5.41, 5.74) is 0.518. The molecule has 0 aliphatic carbocycles. The molecule has 1 aromatic carbocycles. The van der Waals surface area contributed by atoms with Gasteiger partial charge in [-0.05, 0) is 57.9 Å². The molecule has 0 aliphatic rings. The summed E-state index contributed by atoms with van der Waals surface area (Å²) in [6.07, 6.45) is 3.11. The summed E-state index contributed by atoms with van der Waals surface area (Å²) < 4.78 is 20.5. The second kappa shape index (κ2) is 8.59. The van der Waals surface area contributed by atoms with Crippen LogP contribution in [0.2, 0.25) is 0 Å². The summed E-state index contributed by atoms with van der Waals surface area (Å²) in [5, 5.41) is 2.75. The molecule has 0 atom stereocenters. The molecule has 0 fully saturated rings. The van der Waals surface area contributed by atoms with Crippen molar-refractivity contribution in [3.05, 3.63) is 87.1 Å². The third-order valence-electron chi connectivity index (χ3n) is 3.59. The number of aromatic nitrogens is 2. The highest BCUT2D eigenvalue weighted by Crippen LogP contribution is 2.20. The number of carbonyl (C=O) groups excluding carboxylic acids is 1. The topological polar surface area (TPSA) is 73.2 Å². The van der Waals surface area contributed by atoms with Gasteiger partial charge < -0.3 is 14.6 Å². The number of pyridine rings is 2. The van der Waals surface area contributed by atoms with Crippen LogP contribution >= 0.6 is 15.9 Å². The number of nitrogens with one attached hydrogen (secondary N) is 1. The average molecular weight is 432 g/mol. The summed E-state index contributed by atoms with van der Waals surface area (Å²) in [5.74, 6) is 0.139. The lowest BCUT2D eigenvalue weighted by atomic mass is 10.2.